The Morgan fingerprint density at radius 1 is 1.40 bits per heavy atom. The Morgan fingerprint density at radius 3 is 2.80 bits per heavy atom. The number of aliphatic carboxylic acids is 1. The number of carbonyl (C=O) groups is 1. The molecular weight excluding hydrogens is 336 g/mol. The highest BCUT2D eigenvalue weighted by atomic mass is 32.2. The first kappa shape index (κ1) is 17.9. The van der Waals surface area contributed by atoms with Crippen molar-refractivity contribution in [1.82, 2.24) is 0 Å². The standard InChI is InChI=1S/C19H24N2O3S/c1-11-7-12(24-4)5-6-13(11)20-14-8-19(2,3)9-15-17(14)25-10-16(21-15)18(22)23/h5-7,16,20H,8-10H2,1-4H3,(H,22,23). The quantitative estimate of drug-likeness (QED) is 0.846. The van der Waals surface area contributed by atoms with Gasteiger partial charge in [0.15, 0.2) is 6.04 Å². The van der Waals surface area contributed by atoms with Gasteiger partial charge in [0.2, 0.25) is 0 Å². The molecule has 2 aliphatic rings. The van der Waals surface area contributed by atoms with E-state index in [4.69, 9.17) is 4.74 Å². The Balaban J connectivity index is 1.96. The van der Waals surface area contributed by atoms with Gasteiger partial charge in [-0.05, 0) is 48.9 Å². The number of ether oxygens (including phenoxy) is 1. The van der Waals surface area contributed by atoms with Gasteiger partial charge in [0, 0.05) is 22.0 Å². The van der Waals surface area contributed by atoms with E-state index in [0.29, 0.717) is 5.75 Å². The van der Waals surface area contributed by atoms with Crippen LogP contribution in [0, 0.1) is 12.3 Å². The fourth-order valence-corrected chi connectivity index (χ4v) is 4.42. The maximum atomic E-state index is 11.3. The van der Waals surface area contributed by atoms with Crippen molar-refractivity contribution in [2.45, 2.75) is 39.7 Å². The lowest BCUT2D eigenvalue weighted by Gasteiger charge is -2.36. The molecule has 0 bridgehead atoms. The minimum Gasteiger partial charge on any atom is -0.497 e. The number of hydrogen-bond acceptors (Lipinski definition) is 5. The highest BCUT2D eigenvalue weighted by Crippen LogP contribution is 2.43. The third kappa shape index (κ3) is 3.84. The summed E-state index contributed by atoms with van der Waals surface area (Å²) in [5, 5.41) is 12.9. The normalized spacial score (nSPS) is 22.1. The van der Waals surface area contributed by atoms with Gasteiger partial charge in [-0.15, -0.1) is 11.8 Å². The Morgan fingerprint density at radius 2 is 2.16 bits per heavy atom. The molecule has 1 aromatic rings. The summed E-state index contributed by atoms with van der Waals surface area (Å²) < 4.78 is 5.27. The molecule has 0 radical (unpaired) electrons. The Hall–Kier alpha value is -1.95. The van der Waals surface area contributed by atoms with Crippen LogP contribution in [0.1, 0.15) is 32.3 Å². The Kier molecular flexibility index (Phi) is 4.82. The van der Waals surface area contributed by atoms with Crippen molar-refractivity contribution in [1.29, 1.82) is 0 Å². The highest BCUT2D eigenvalue weighted by molar-refractivity contribution is 8.04. The number of carboxylic acid groups (broad SMARTS) is 1. The number of benzene rings is 1. The summed E-state index contributed by atoms with van der Waals surface area (Å²) >= 11 is 1.61. The zero-order valence-electron chi connectivity index (χ0n) is 15.0. The largest absolute Gasteiger partial charge is 0.497 e. The molecule has 1 atom stereocenters. The van der Waals surface area contributed by atoms with Crippen LogP contribution in [-0.2, 0) is 4.79 Å². The second-order valence-electron chi connectivity index (χ2n) is 7.37. The van der Waals surface area contributed by atoms with Crippen LogP contribution in [0.25, 0.3) is 0 Å². The Labute approximate surface area is 152 Å². The zero-order chi connectivity index (χ0) is 18.2. The minimum atomic E-state index is -0.845. The highest BCUT2D eigenvalue weighted by Gasteiger charge is 2.36. The molecule has 1 aromatic carbocycles. The number of thioether (sulfide) groups is 1. The predicted molar refractivity (Wildman–Crippen MR) is 103 cm³/mol. The molecule has 25 heavy (non-hydrogen) atoms. The number of nitrogens with one attached hydrogen (secondary N) is 1. The van der Waals surface area contributed by atoms with Gasteiger partial charge in [-0.3, -0.25) is 4.99 Å². The third-order valence-electron chi connectivity index (χ3n) is 4.54. The van der Waals surface area contributed by atoms with E-state index in [9.17, 15) is 9.90 Å². The first-order valence-electron chi connectivity index (χ1n) is 8.36. The maximum absolute atomic E-state index is 11.3. The van der Waals surface area contributed by atoms with Crippen LogP contribution in [0.5, 0.6) is 5.75 Å². The maximum Gasteiger partial charge on any atom is 0.329 e. The fourth-order valence-electron chi connectivity index (χ4n) is 3.28. The van der Waals surface area contributed by atoms with Gasteiger partial charge in [-0.1, -0.05) is 13.8 Å². The molecule has 1 aliphatic heterocycles. The molecule has 1 aliphatic carbocycles. The van der Waals surface area contributed by atoms with Crippen molar-refractivity contribution in [3.8, 4) is 5.75 Å². The molecular formula is C19H24N2O3S. The average Bonchev–Trinajstić information content (AvgIpc) is 2.54. The van der Waals surface area contributed by atoms with Gasteiger partial charge in [-0.25, -0.2) is 4.79 Å². The summed E-state index contributed by atoms with van der Waals surface area (Å²) in [5.74, 6) is 0.479. The third-order valence-corrected chi connectivity index (χ3v) is 5.79. The van der Waals surface area contributed by atoms with Crippen LogP contribution < -0.4 is 10.1 Å². The van der Waals surface area contributed by atoms with Gasteiger partial charge in [-0.2, -0.15) is 0 Å². The average molecular weight is 360 g/mol. The second-order valence-corrected chi connectivity index (χ2v) is 8.40. The number of methoxy groups -OCH3 is 1. The van der Waals surface area contributed by atoms with Gasteiger partial charge < -0.3 is 15.2 Å². The molecule has 134 valence electrons. The summed E-state index contributed by atoms with van der Waals surface area (Å²) in [6, 6.07) is 5.33. The number of aliphatic imine (C=N–C) groups is 1. The lowest BCUT2D eigenvalue weighted by molar-refractivity contribution is -0.137. The lowest BCUT2D eigenvalue weighted by atomic mass is 9.78. The van der Waals surface area contributed by atoms with E-state index in [1.54, 1.807) is 18.9 Å². The van der Waals surface area contributed by atoms with Crippen LogP contribution in [0.15, 0.2) is 33.8 Å². The monoisotopic (exact) mass is 360 g/mol. The molecule has 0 saturated carbocycles. The number of rotatable bonds is 4. The van der Waals surface area contributed by atoms with Crippen LogP contribution in [0.3, 0.4) is 0 Å². The van der Waals surface area contributed by atoms with Crippen LogP contribution >= 0.6 is 11.8 Å². The molecule has 0 amide bonds. The molecule has 3 rings (SSSR count). The van der Waals surface area contributed by atoms with E-state index >= 15 is 0 Å². The molecule has 0 spiro atoms. The lowest BCUT2D eigenvalue weighted by Crippen LogP contribution is -2.34. The number of allylic oxidation sites excluding steroid dienone is 2. The number of aryl methyl sites for hydroxylation is 1. The number of anilines is 1. The van der Waals surface area contributed by atoms with Gasteiger partial charge in [0.25, 0.3) is 0 Å². The number of carboxylic acids is 1. The van der Waals surface area contributed by atoms with E-state index in [-0.39, 0.29) is 5.41 Å². The van der Waals surface area contributed by atoms with E-state index in [2.05, 4.69) is 24.2 Å². The molecule has 6 heteroatoms. The SMILES string of the molecule is COc1ccc(NC2=C3SCC(C(=O)O)N=C3CC(C)(C)C2)c(C)c1. The van der Waals surface area contributed by atoms with Crippen molar-refractivity contribution in [3.63, 3.8) is 0 Å². The second kappa shape index (κ2) is 6.75. The summed E-state index contributed by atoms with van der Waals surface area (Å²) in [7, 11) is 1.66. The first-order valence-corrected chi connectivity index (χ1v) is 9.35. The smallest absolute Gasteiger partial charge is 0.329 e. The summed E-state index contributed by atoms with van der Waals surface area (Å²) in [5.41, 5.74) is 4.26. The molecule has 5 nitrogen and oxygen atoms in total. The van der Waals surface area contributed by atoms with Crippen molar-refractivity contribution >= 4 is 29.1 Å². The van der Waals surface area contributed by atoms with Crippen molar-refractivity contribution in [3.05, 3.63) is 34.4 Å². The van der Waals surface area contributed by atoms with Crippen LogP contribution in [0.4, 0.5) is 5.69 Å². The molecule has 1 heterocycles. The van der Waals surface area contributed by atoms with Gasteiger partial charge in [0.05, 0.1) is 12.8 Å². The summed E-state index contributed by atoms with van der Waals surface area (Å²) in [4.78, 5) is 16.9. The number of nitrogens with zero attached hydrogens (tertiary/aromatic N) is 1. The number of fused-ring (bicyclic) bond motifs is 1. The zero-order valence-corrected chi connectivity index (χ0v) is 15.9. The van der Waals surface area contributed by atoms with Crippen molar-refractivity contribution in [2.75, 3.05) is 18.2 Å². The van der Waals surface area contributed by atoms with Crippen molar-refractivity contribution < 1.29 is 14.6 Å². The summed E-state index contributed by atoms with van der Waals surface area (Å²) in [6.07, 6.45) is 1.73. The van der Waals surface area contributed by atoms with E-state index in [1.807, 2.05) is 25.1 Å². The molecule has 0 fully saturated rings. The number of hydrogen-bond donors (Lipinski definition) is 2. The van der Waals surface area contributed by atoms with Gasteiger partial charge >= 0.3 is 5.97 Å². The van der Waals surface area contributed by atoms with E-state index in [0.717, 1.165) is 46.2 Å². The molecule has 0 aromatic heterocycles. The molecule has 1 unspecified atom stereocenters. The van der Waals surface area contributed by atoms with Crippen molar-refractivity contribution in [2.24, 2.45) is 10.4 Å². The van der Waals surface area contributed by atoms with E-state index < -0.39 is 12.0 Å². The Bertz CT molecular complexity index is 768. The topological polar surface area (TPSA) is 70.9 Å². The van der Waals surface area contributed by atoms with E-state index in [1.165, 1.54) is 0 Å². The molecule has 0 saturated heterocycles. The predicted octanol–water partition coefficient (Wildman–Crippen LogP) is 4.09. The van der Waals surface area contributed by atoms with Crippen LogP contribution in [-0.4, -0.2) is 35.7 Å². The first-order chi connectivity index (χ1) is 11.8. The summed E-state index contributed by atoms with van der Waals surface area (Å²) in [6.45, 7) is 6.45. The minimum absolute atomic E-state index is 0.0476. The fraction of sp³-hybridized carbons (Fsp3) is 0.474. The molecule has 2 N–H and O–H groups in total. The van der Waals surface area contributed by atoms with Gasteiger partial charge in [0.1, 0.15) is 5.75 Å². The van der Waals surface area contributed by atoms with Crippen LogP contribution in [0.2, 0.25) is 0 Å².